The molecular formula is C19H24FN4O6PS. The molecule has 0 atom stereocenters. The van der Waals surface area contributed by atoms with Gasteiger partial charge in [-0.1, -0.05) is 12.1 Å². The second-order valence-corrected chi connectivity index (χ2v) is 9.04. The van der Waals surface area contributed by atoms with Crippen LogP contribution in [0.5, 0.6) is 0 Å². The number of aromatic nitrogens is 2. The fourth-order valence-corrected chi connectivity index (χ4v) is 3.96. The number of anilines is 1. The number of aliphatic hydroxyl groups is 1. The first-order valence-electron chi connectivity index (χ1n) is 9.23. The van der Waals surface area contributed by atoms with Gasteiger partial charge < -0.3 is 25.5 Å². The molecule has 0 aliphatic carbocycles. The number of thiol groups is 1. The van der Waals surface area contributed by atoms with Crippen LogP contribution in [0.25, 0.3) is 0 Å². The standard InChI is InChI=1S/C19H24FN4O6PS/c1-12(24(11-25)10-15-9-22-13(2)23-18(15)21)17(6-7-30-31(27,28)29)32-19(26)14-4-3-5-16(20)8-14/h3-5,8-9,11,26,32H,6-7,10H2,1-2H3,(H2,21,22,23)(H2,27,28,29)/b17-12-. The van der Waals surface area contributed by atoms with Crippen LogP contribution in [0.1, 0.15) is 30.3 Å². The number of aryl methyl sites for hydroxylation is 1. The molecule has 2 aromatic rings. The number of halogens is 1. The fourth-order valence-electron chi connectivity index (χ4n) is 2.62. The highest BCUT2D eigenvalue weighted by atomic mass is 32.1. The average molecular weight is 486 g/mol. The molecule has 0 aliphatic heterocycles. The van der Waals surface area contributed by atoms with E-state index in [4.69, 9.17) is 15.5 Å². The molecule has 0 unspecified atom stereocenters. The quantitative estimate of drug-likeness (QED) is 0.147. The molecular weight excluding hydrogens is 462 g/mol. The zero-order valence-electron chi connectivity index (χ0n) is 17.3. The zero-order chi connectivity index (χ0) is 23.9. The Bertz CT molecular complexity index is 1090. The summed E-state index contributed by atoms with van der Waals surface area (Å²) in [4.78, 5) is 39.5. The maximum Gasteiger partial charge on any atom is 0.469 e. The van der Waals surface area contributed by atoms with E-state index in [1.807, 2.05) is 0 Å². The number of benzene rings is 1. The number of amides is 1. The number of carbonyl (C=O) groups excluding carboxylic acids is 1. The topological polar surface area (TPSA) is 159 Å². The van der Waals surface area contributed by atoms with Gasteiger partial charge in [0.15, 0.2) is 0 Å². The van der Waals surface area contributed by atoms with Gasteiger partial charge in [-0.25, -0.2) is 18.9 Å². The molecule has 32 heavy (non-hydrogen) atoms. The van der Waals surface area contributed by atoms with Gasteiger partial charge in [-0.15, -0.1) is 11.4 Å². The molecule has 1 aromatic carbocycles. The molecule has 1 aromatic heterocycles. The first kappa shape index (κ1) is 25.8. The summed E-state index contributed by atoms with van der Waals surface area (Å²) in [6.07, 6.45) is 2.02. The van der Waals surface area contributed by atoms with Crippen LogP contribution < -0.4 is 5.73 Å². The number of hydrogen-bond acceptors (Lipinski definition) is 6. The second kappa shape index (κ2) is 11.4. The van der Waals surface area contributed by atoms with E-state index in [9.17, 15) is 18.9 Å². The number of hydrogen-bond donors (Lipinski definition) is 5. The monoisotopic (exact) mass is 486 g/mol. The average Bonchev–Trinajstić information content (AvgIpc) is 2.71. The molecule has 1 heterocycles. The highest BCUT2D eigenvalue weighted by Crippen LogP contribution is 2.36. The number of nitrogens with zero attached hydrogens (tertiary/aromatic N) is 3. The molecule has 5 N–H and O–H groups in total. The van der Waals surface area contributed by atoms with Crippen LogP contribution >= 0.6 is 19.2 Å². The maximum atomic E-state index is 13.5. The molecule has 13 heteroatoms. The summed E-state index contributed by atoms with van der Waals surface area (Å²) >= 11 is 0.200. The van der Waals surface area contributed by atoms with Crippen molar-refractivity contribution in [2.75, 3.05) is 12.3 Å². The van der Waals surface area contributed by atoms with Crippen molar-refractivity contribution < 1.29 is 33.2 Å². The number of aliphatic hydroxyl groups excluding tert-OH is 1. The van der Waals surface area contributed by atoms with Crippen molar-refractivity contribution >= 4 is 36.5 Å². The van der Waals surface area contributed by atoms with Crippen LogP contribution in [0.15, 0.2) is 41.1 Å². The number of allylic oxidation sites excluding steroid dienone is 1. The lowest BCUT2D eigenvalue weighted by Gasteiger charge is -2.22. The van der Waals surface area contributed by atoms with Crippen LogP contribution in [-0.2, 0) is 20.4 Å². The van der Waals surface area contributed by atoms with Crippen LogP contribution in [0.2, 0.25) is 0 Å². The summed E-state index contributed by atoms with van der Waals surface area (Å²) in [5.74, 6) is 0.135. The van der Waals surface area contributed by atoms with Crippen LogP contribution in [0, 0.1) is 12.7 Å². The molecule has 10 nitrogen and oxygen atoms in total. The number of carbonyl (C=O) groups is 1. The van der Waals surface area contributed by atoms with Crippen LogP contribution in [-0.4, -0.2) is 47.8 Å². The van der Waals surface area contributed by atoms with E-state index in [-0.39, 0.29) is 47.4 Å². The number of nitrogen functional groups attached to an aromatic ring is 1. The Balaban J connectivity index is 2.41. The summed E-state index contributed by atoms with van der Waals surface area (Å²) in [6, 6.07) is 5.31. The minimum absolute atomic E-state index is 0.0257. The molecule has 0 bridgehead atoms. The summed E-state index contributed by atoms with van der Waals surface area (Å²) in [5, 5.41) is 10.3. The van der Waals surface area contributed by atoms with Crippen LogP contribution in [0.4, 0.5) is 10.2 Å². The smallest absolute Gasteiger partial charge is 0.383 e. The molecule has 0 saturated carbocycles. The maximum absolute atomic E-state index is 13.5. The Morgan fingerprint density at radius 3 is 2.72 bits per heavy atom. The van der Waals surface area contributed by atoms with Gasteiger partial charge in [0.25, 0.3) is 0 Å². The number of rotatable bonds is 10. The van der Waals surface area contributed by atoms with Gasteiger partial charge in [-0.05, 0) is 26.0 Å². The lowest BCUT2D eigenvalue weighted by atomic mass is 10.2. The third-order valence-corrected chi connectivity index (χ3v) is 6.06. The van der Waals surface area contributed by atoms with E-state index in [1.54, 1.807) is 13.8 Å². The molecule has 1 amide bonds. The third-order valence-electron chi connectivity index (χ3n) is 4.26. The van der Waals surface area contributed by atoms with Crippen LogP contribution in [0.3, 0.4) is 0 Å². The third kappa shape index (κ3) is 7.90. The fraction of sp³-hybridized carbons (Fsp3) is 0.263. The SMILES string of the molecule is C/C(=C(CCOP(=O)(O)O)/[SH]=C(\O)c1cccc(F)c1)N(C=O)Cc1cnc(C)nc1N. The summed E-state index contributed by atoms with van der Waals surface area (Å²) in [7, 11) is -4.71. The molecule has 0 fully saturated rings. The number of phosphoric ester groups is 1. The summed E-state index contributed by atoms with van der Waals surface area (Å²) in [5.41, 5.74) is 7.00. The van der Waals surface area contributed by atoms with Crippen molar-refractivity contribution in [2.24, 2.45) is 0 Å². The summed E-state index contributed by atoms with van der Waals surface area (Å²) in [6.45, 7) is 2.92. The van der Waals surface area contributed by atoms with Gasteiger partial charge in [0.2, 0.25) is 6.41 Å². The zero-order valence-corrected chi connectivity index (χ0v) is 19.1. The minimum Gasteiger partial charge on any atom is -0.383 e. The second-order valence-electron chi connectivity index (χ2n) is 6.61. The highest BCUT2D eigenvalue weighted by Gasteiger charge is 2.17. The Kier molecular flexibility index (Phi) is 9.20. The predicted molar refractivity (Wildman–Crippen MR) is 120 cm³/mol. The molecule has 0 radical (unpaired) electrons. The lowest BCUT2D eigenvalue weighted by Crippen LogP contribution is -2.22. The van der Waals surface area contributed by atoms with Gasteiger partial charge in [0, 0.05) is 34.3 Å². The van der Waals surface area contributed by atoms with E-state index in [1.165, 1.54) is 29.3 Å². The normalized spacial score (nSPS) is 13.2. The van der Waals surface area contributed by atoms with Crippen molar-refractivity contribution in [1.82, 2.24) is 14.9 Å². The van der Waals surface area contributed by atoms with E-state index >= 15 is 0 Å². The number of phosphoric acid groups is 1. The molecule has 2 rings (SSSR count). The Hall–Kier alpha value is -2.47. The van der Waals surface area contributed by atoms with Crippen molar-refractivity contribution in [1.29, 1.82) is 0 Å². The largest absolute Gasteiger partial charge is 0.469 e. The highest BCUT2D eigenvalue weighted by molar-refractivity contribution is 8.02. The summed E-state index contributed by atoms with van der Waals surface area (Å²) < 4.78 is 29.1. The molecule has 174 valence electrons. The Morgan fingerprint density at radius 1 is 1.41 bits per heavy atom. The lowest BCUT2D eigenvalue weighted by molar-refractivity contribution is -0.116. The van der Waals surface area contributed by atoms with Crippen molar-refractivity contribution in [2.45, 2.75) is 26.8 Å². The van der Waals surface area contributed by atoms with E-state index in [0.717, 1.165) is 6.07 Å². The van der Waals surface area contributed by atoms with E-state index in [0.29, 0.717) is 28.4 Å². The van der Waals surface area contributed by atoms with Gasteiger partial charge in [0.1, 0.15) is 22.5 Å². The van der Waals surface area contributed by atoms with E-state index in [2.05, 4.69) is 14.5 Å². The number of nitrogens with two attached hydrogens (primary N) is 1. The van der Waals surface area contributed by atoms with Gasteiger partial charge in [0.05, 0.1) is 13.2 Å². The molecule has 0 spiro atoms. The van der Waals surface area contributed by atoms with E-state index < -0.39 is 13.6 Å². The first-order chi connectivity index (χ1) is 15.0. The predicted octanol–water partition coefficient (Wildman–Crippen LogP) is 2.40. The van der Waals surface area contributed by atoms with Gasteiger partial charge in [-0.3, -0.25) is 9.32 Å². The molecule has 0 aliphatic rings. The Morgan fingerprint density at radius 2 is 2.12 bits per heavy atom. The van der Waals surface area contributed by atoms with Crippen molar-refractivity contribution in [3.05, 3.63) is 63.8 Å². The van der Waals surface area contributed by atoms with Gasteiger partial charge >= 0.3 is 7.82 Å². The van der Waals surface area contributed by atoms with Gasteiger partial charge in [-0.2, -0.15) is 0 Å². The molecule has 0 saturated heterocycles. The first-order valence-corrected chi connectivity index (χ1v) is 11.7. The van der Waals surface area contributed by atoms with Crippen molar-refractivity contribution in [3.63, 3.8) is 0 Å². The Labute approximate surface area is 187 Å². The van der Waals surface area contributed by atoms with Crippen molar-refractivity contribution in [3.8, 4) is 0 Å². The minimum atomic E-state index is -4.71.